The molecule has 9 heteroatoms. The van der Waals surface area contributed by atoms with E-state index in [4.69, 9.17) is 4.74 Å². The normalized spacial score (nSPS) is 11.4. The molecule has 2 aromatic carbocycles. The van der Waals surface area contributed by atoms with Crippen molar-refractivity contribution in [2.24, 2.45) is 0 Å². The van der Waals surface area contributed by atoms with Crippen molar-refractivity contribution in [3.63, 3.8) is 0 Å². The second-order valence-corrected chi connectivity index (χ2v) is 8.94. The molecule has 4 rings (SSSR count). The fraction of sp³-hybridized carbons (Fsp3) is 0.136. The molecule has 4 aromatic rings. The summed E-state index contributed by atoms with van der Waals surface area (Å²) in [6.07, 6.45) is 6.43. The third kappa shape index (κ3) is 4.26. The van der Waals surface area contributed by atoms with Crippen molar-refractivity contribution in [2.75, 3.05) is 7.11 Å². The van der Waals surface area contributed by atoms with E-state index in [1.807, 2.05) is 6.92 Å². The van der Waals surface area contributed by atoms with Gasteiger partial charge in [-0.1, -0.05) is 12.1 Å². The smallest absolute Gasteiger partial charge is 0.254 e. The fourth-order valence-corrected chi connectivity index (χ4v) is 4.51. The first-order valence-electron chi connectivity index (χ1n) is 9.43. The average molecular weight is 436 g/mol. The summed E-state index contributed by atoms with van der Waals surface area (Å²) in [6, 6.07) is 11.3. The molecule has 0 radical (unpaired) electrons. The number of fused-ring (bicyclic) bond motifs is 1. The van der Waals surface area contributed by atoms with E-state index in [0.29, 0.717) is 17.1 Å². The van der Waals surface area contributed by atoms with E-state index in [-0.39, 0.29) is 22.2 Å². The number of aromatic nitrogens is 3. The van der Waals surface area contributed by atoms with E-state index in [9.17, 15) is 13.2 Å². The number of aryl methyl sites for hydroxylation is 1. The van der Waals surface area contributed by atoms with Crippen molar-refractivity contribution >= 4 is 21.5 Å². The van der Waals surface area contributed by atoms with Gasteiger partial charge in [-0.05, 0) is 48.4 Å². The van der Waals surface area contributed by atoms with Crippen LogP contribution in [0.25, 0.3) is 5.78 Å². The van der Waals surface area contributed by atoms with Gasteiger partial charge < -0.3 is 10.1 Å². The first kappa shape index (κ1) is 20.5. The Balaban J connectivity index is 1.47. The number of rotatable bonds is 6. The highest BCUT2D eigenvalue weighted by atomic mass is 32.2. The summed E-state index contributed by atoms with van der Waals surface area (Å²) >= 11 is 0. The number of nitrogens with zero attached hydrogens (tertiary/aromatic N) is 3. The van der Waals surface area contributed by atoms with Crippen LogP contribution in [0, 0.1) is 6.92 Å². The largest absolute Gasteiger partial charge is 0.497 e. The van der Waals surface area contributed by atoms with Crippen LogP contribution in [0.15, 0.2) is 77.0 Å². The molecule has 158 valence electrons. The minimum Gasteiger partial charge on any atom is -0.497 e. The van der Waals surface area contributed by atoms with Crippen LogP contribution >= 0.6 is 0 Å². The maximum atomic E-state index is 13.0. The van der Waals surface area contributed by atoms with Crippen LogP contribution in [0.1, 0.15) is 21.5 Å². The minimum atomic E-state index is -3.68. The second-order valence-electron chi connectivity index (χ2n) is 6.99. The summed E-state index contributed by atoms with van der Waals surface area (Å²) in [5.41, 5.74) is 1.96. The fourth-order valence-electron chi connectivity index (χ4n) is 3.13. The minimum absolute atomic E-state index is 0.171. The van der Waals surface area contributed by atoms with Gasteiger partial charge in [0.05, 0.1) is 22.5 Å². The molecule has 0 bridgehead atoms. The van der Waals surface area contributed by atoms with Gasteiger partial charge in [0, 0.05) is 31.3 Å². The Labute approximate surface area is 179 Å². The molecular weight excluding hydrogens is 416 g/mol. The highest BCUT2D eigenvalue weighted by Crippen LogP contribution is 2.26. The number of nitrogens with one attached hydrogen (secondary N) is 1. The third-order valence-electron chi connectivity index (χ3n) is 4.76. The summed E-state index contributed by atoms with van der Waals surface area (Å²) in [5, 5.41) is 2.81. The Morgan fingerprint density at radius 3 is 2.61 bits per heavy atom. The molecule has 0 fully saturated rings. The first-order valence-corrected chi connectivity index (χ1v) is 10.9. The monoisotopic (exact) mass is 436 g/mol. The number of carbonyl (C=O) groups is 1. The van der Waals surface area contributed by atoms with Gasteiger partial charge >= 0.3 is 0 Å². The van der Waals surface area contributed by atoms with Gasteiger partial charge in [0.15, 0.2) is 0 Å². The summed E-state index contributed by atoms with van der Waals surface area (Å²) in [7, 11) is -2.19. The van der Waals surface area contributed by atoms with Gasteiger partial charge in [0.25, 0.3) is 5.91 Å². The van der Waals surface area contributed by atoms with Crippen LogP contribution < -0.4 is 10.1 Å². The highest BCUT2D eigenvalue weighted by Gasteiger charge is 2.19. The molecular formula is C22H20N4O4S. The number of methoxy groups -OCH3 is 1. The molecule has 0 unspecified atom stereocenters. The second kappa shape index (κ2) is 8.19. The van der Waals surface area contributed by atoms with Crippen molar-refractivity contribution in [1.82, 2.24) is 19.7 Å². The summed E-state index contributed by atoms with van der Waals surface area (Å²) in [6.45, 7) is 2.06. The number of hydrogen-bond donors (Lipinski definition) is 1. The molecule has 1 N–H and O–H groups in total. The Morgan fingerprint density at radius 1 is 1.10 bits per heavy atom. The van der Waals surface area contributed by atoms with Crippen LogP contribution in [0.5, 0.6) is 5.75 Å². The van der Waals surface area contributed by atoms with Crippen molar-refractivity contribution in [1.29, 1.82) is 0 Å². The molecule has 1 amide bonds. The molecule has 31 heavy (non-hydrogen) atoms. The summed E-state index contributed by atoms with van der Waals surface area (Å²) in [4.78, 5) is 20.9. The Bertz CT molecular complexity index is 1360. The van der Waals surface area contributed by atoms with Gasteiger partial charge in [0.2, 0.25) is 15.6 Å². The van der Waals surface area contributed by atoms with E-state index in [2.05, 4.69) is 15.3 Å². The molecule has 0 aliphatic rings. The van der Waals surface area contributed by atoms with E-state index in [1.54, 1.807) is 47.3 Å². The van der Waals surface area contributed by atoms with Crippen molar-refractivity contribution in [3.8, 4) is 5.75 Å². The third-order valence-corrected chi connectivity index (χ3v) is 6.51. The molecule has 0 aliphatic heterocycles. The lowest BCUT2D eigenvalue weighted by molar-refractivity contribution is 0.0950. The molecule has 0 aliphatic carbocycles. The SMILES string of the molecule is COc1cc(C)cc(S(=O)(=O)c2ccc(CNC(=O)c3cnc4nccn4c3)cc2)c1. The summed E-state index contributed by atoms with van der Waals surface area (Å²) < 4.78 is 32.8. The molecule has 0 spiro atoms. The first-order chi connectivity index (χ1) is 14.9. The van der Waals surface area contributed by atoms with Crippen molar-refractivity contribution in [2.45, 2.75) is 23.3 Å². The number of benzene rings is 2. The van der Waals surface area contributed by atoms with Crippen LogP contribution in [0.2, 0.25) is 0 Å². The molecule has 0 atom stereocenters. The van der Waals surface area contributed by atoms with Crippen LogP contribution in [-0.2, 0) is 16.4 Å². The van der Waals surface area contributed by atoms with Crippen LogP contribution in [-0.4, -0.2) is 35.8 Å². The number of sulfone groups is 1. The quantitative estimate of drug-likeness (QED) is 0.499. The van der Waals surface area contributed by atoms with Gasteiger partial charge in [-0.25, -0.2) is 18.4 Å². The predicted octanol–water partition coefficient (Wildman–Crippen LogP) is 2.81. The van der Waals surface area contributed by atoms with E-state index < -0.39 is 9.84 Å². The lowest BCUT2D eigenvalue weighted by atomic mass is 10.2. The van der Waals surface area contributed by atoms with E-state index >= 15 is 0 Å². The molecule has 2 heterocycles. The zero-order chi connectivity index (χ0) is 22.0. The predicted molar refractivity (Wildman–Crippen MR) is 114 cm³/mol. The topological polar surface area (TPSA) is 103 Å². The van der Waals surface area contributed by atoms with Crippen LogP contribution in [0.3, 0.4) is 0 Å². The Hall–Kier alpha value is -3.72. The van der Waals surface area contributed by atoms with Gasteiger partial charge in [-0.3, -0.25) is 9.20 Å². The molecule has 8 nitrogen and oxygen atoms in total. The molecule has 2 aromatic heterocycles. The zero-order valence-electron chi connectivity index (χ0n) is 16.9. The van der Waals surface area contributed by atoms with Crippen molar-refractivity contribution < 1.29 is 17.9 Å². The zero-order valence-corrected chi connectivity index (χ0v) is 17.8. The molecule has 0 saturated heterocycles. The average Bonchev–Trinajstić information content (AvgIpc) is 3.25. The standard InChI is InChI=1S/C22H20N4O4S/c1-15-9-18(30-2)11-20(10-15)31(28,29)19-5-3-16(4-6-19)12-24-21(27)17-13-25-22-23-7-8-26(22)14-17/h3-11,13-14H,12H2,1-2H3,(H,24,27). The number of ether oxygens (including phenoxy) is 1. The van der Waals surface area contributed by atoms with Crippen molar-refractivity contribution in [3.05, 3.63) is 83.9 Å². The van der Waals surface area contributed by atoms with Gasteiger partial charge in [-0.15, -0.1) is 0 Å². The lowest BCUT2D eigenvalue weighted by Crippen LogP contribution is -2.23. The summed E-state index contributed by atoms with van der Waals surface area (Å²) in [5.74, 6) is 0.715. The highest BCUT2D eigenvalue weighted by molar-refractivity contribution is 7.91. The number of hydrogen-bond acceptors (Lipinski definition) is 6. The Morgan fingerprint density at radius 2 is 1.87 bits per heavy atom. The molecule has 0 saturated carbocycles. The lowest BCUT2D eigenvalue weighted by Gasteiger charge is -2.10. The number of amides is 1. The van der Waals surface area contributed by atoms with Gasteiger partial charge in [0.1, 0.15) is 5.75 Å². The maximum Gasteiger partial charge on any atom is 0.254 e. The van der Waals surface area contributed by atoms with Crippen LogP contribution in [0.4, 0.5) is 0 Å². The van der Waals surface area contributed by atoms with E-state index in [1.165, 1.54) is 31.5 Å². The van der Waals surface area contributed by atoms with E-state index in [0.717, 1.165) is 11.1 Å². The number of carbonyl (C=O) groups excluding carboxylic acids is 1. The Kier molecular flexibility index (Phi) is 5.43. The number of imidazole rings is 1. The van der Waals surface area contributed by atoms with Gasteiger partial charge in [-0.2, -0.15) is 0 Å². The maximum absolute atomic E-state index is 13.0.